The molecular weight excluding hydrogens is 288 g/mol. The van der Waals surface area contributed by atoms with Gasteiger partial charge in [-0.05, 0) is 13.3 Å². The zero-order valence-corrected chi connectivity index (χ0v) is 13.9. The molecule has 2 unspecified atom stereocenters. The highest BCUT2D eigenvalue weighted by Crippen LogP contribution is 2.43. The zero-order chi connectivity index (χ0) is 15.6. The molecule has 1 aromatic rings. The van der Waals surface area contributed by atoms with E-state index in [0.29, 0.717) is 22.2 Å². The first kappa shape index (κ1) is 16.1. The molecule has 118 valence electrons. The summed E-state index contributed by atoms with van der Waals surface area (Å²) in [5.74, 6) is 1.03. The van der Waals surface area contributed by atoms with E-state index in [1.807, 2.05) is 13.8 Å². The van der Waals surface area contributed by atoms with Crippen molar-refractivity contribution in [2.45, 2.75) is 33.3 Å². The first-order chi connectivity index (χ1) is 9.95. The third-order valence-corrected chi connectivity index (χ3v) is 5.07. The maximum Gasteiger partial charge on any atom is 0.177 e. The highest BCUT2D eigenvalue weighted by atomic mass is 32.1. The average molecular weight is 312 g/mol. The highest BCUT2D eigenvalue weighted by molar-refractivity contribution is 7.19. The normalized spacial score (nSPS) is 21.8. The third kappa shape index (κ3) is 3.32. The van der Waals surface area contributed by atoms with Crippen molar-refractivity contribution in [2.75, 3.05) is 31.3 Å². The van der Waals surface area contributed by atoms with E-state index in [1.54, 1.807) is 7.11 Å². The summed E-state index contributed by atoms with van der Waals surface area (Å²) in [6.07, 6.45) is 1.31. The van der Waals surface area contributed by atoms with Gasteiger partial charge in [-0.1, -0.05) is 13.8 Å². The van der Waals surface area contributed by atoms with Crippen LogP contribution < -0.4 is 15.8 Å². The molecule has 1 aromatic heterocycles. The summed E-state index contributed by atoms with van der Waals surface area (Å²) >= 11 is 1.38. The number of rotatable bonds is 6. The first-order valence-electron chi connectivity index (χ1n) is 7.31. The van der Waals surface area contributed by atoms with E-state index in [2.05, 4.69) is 12.2 Å². The lowest BCUT2D eigenvalue weighted by Gasteiger charge is -2.15. The summed E-state index contributed by atoms with van der Waals surface area (Å²) in [5, 5.41) is 4.20. The van der Waals surface area contributed by atoms with Gasteiger partial charge >= 0.3 is 0 Å². The smallest absolute Gasteiger partial charge is 0.177 e. The lowest BCUT2D eigenvalue weighted by molar-refractivity contribution is 0.0944. The molecule has 1 aliphatic heterocycles. The minimum Gasteiger partial charge on any atom is -0.492 e. The number of hydrogen-bond acceptors (Lipinski definition) is 6. The van der Waals surface area contributed by atoms with Crippen LogP contribution in [-0.4, -0.2) is 32.1 Å². The molecular formula is C15H24N2O3S. The Kier molecular flexibility index (Phi) is 5.11. The molecule has 2 atom stereocenters. The van der Waals surface area contributed by atoms with Gasteiger partial charge < -0.3 is 20.5 Å². The lowest BCUT2D eigenvalue weighted by atomic mass is 10.0. The molecule has 1 fully saturated rings. The number of carbonyl (C=O) groups excluding carboxylic acids is 1. The van der Waals surface area contributed by atoms with Gasteiger partial charge in [-0.3, -0.25) is 4.79 Å². The van der Waals surface area contributed by atoms with Crippen LogP contribution in [0.4, 0.5) is 10.7 Å². The number of thiophene rings is 1. The summed E-state index contributed by atoms with van der Waals surface area (Å²) in [4.78, 5) is 12.8. The SMILES string of the molecule is COc1c(NCC2CCOC2C)sc(C(=O)C(C)C)c1N. The number of nitrogen functional groups attached to an aromatic ring is 1. The van der Waals surface area contributed by atoms with Crippen molar-refractivity contribution in [1.82, 2.24) is 0 Å². The van der Waals surface area contributed by atoms with Gasteiger partial charge in [0.05, 0.1) is 23.8 Å². The van der Waals surface area contributed by atoms with Gasteiger partial charge in [0.1, 0.15) is 5.00 Å². The van der Waals surface area contributed by atoms with E-state index in [0.717, 1.165) is 24.6 Å². The second-order valence-electron chi connectivity index (χ2n) is 5.73. The van der Waals surface area contributed by atoms with Crippen molar-refractivity contribution in [3.63, 3.8) is 0 Å². The number of nitrogens with two attached hydrogens (primary N) is 1. The molecule has 2 rings (SSSR count). The van der Waals surface area contributed by atoms with Crippen LogP contribution in [0.1, 0.15) is 36.9 Å². The summed E-state index contributed by atoms with van der Waals surface area (Å²) in [6, 6.07) is 0. The predicted octanol–water partition coefficient (Wildman–Crippen LogP) is 3.01. The van der Waals surface area contributed by atoms with Crippen molar-refractivity contribution in [2.24, 2.45) is 11.8 Å². The van der Waals surface area contributed by atoms with Crippen LogP contribution in [0.5, 0.6) is 5.75 Å². The molecule has 2 heterocycles. The summed E-state index contributed by atoms with van der Waals surface area (Å²) in [6.45, 7) is 7.45. The maximum absolute atomic E-state index is 12.2. The summed E-state index contributed by atoms with van der Waals surface area (Å²) in [5.41, 5.74) is 6.51. The minimum atomic E-state index is -0.0771. The number of nitrogens with one attached hydrogen (secondary N) is 1. The number of methoxy groups -OCH3 is 1. The number of carbonyl (C=O) groups is 1. The Balaban J connectivity index is 2.15. The van der Waals surface area contributed by atoms with Crippen molar-refractivity contribution < 1.29 is 14.3 Å². The Morgan fingerprint density at radius 1 is 1.57 bits per heavy atom. The standard InChI is InChI=1S/C15H24N2O3S/c1-8(2)12(18)14-11(16)13(19-4)15(21-14)17-7-10-5-6-20-9(10)3/h8-10,17H,5-7,16H2,1-4H3. The number of Topliss-reactive ketones (excluding diaryl/α,β-unsaturated/α-hetero) is 1. The van der Waals surface area contributed by atoms with Gasteiger partial charge in [-0.2, -0.15) is 0 Å². The number of ether oxygens (including phenoxy) is 2. The Bertz CT molecular complexity index is 513. The zero-order valence-electron chi connectivity index (χ0n) is 13.1. The fourth-order valence-corrected chi connectivity index (χ4v) is 3.65. The topological polar surface area (TPSA) is 73.6 Å². The van der Waals surface area contributed by atoms with Gasteiger partial charge in [0.25, 0.3) is 0 Å². The molecule has 1 saturated heterocycles. The van der Waals surface area contributed by atoms with E-state index >= 15 is 0 Å². The molecule has 0 amide bonds. The van der Waals surface area contributed by atoms with E-state index in [-0.39, 0.29) is 17.8 Å². The Labute approximate surface area is 129 Å². The largest absolute Gasteiger partial charge is 0.492 e. The second-order valence-corrected chi connectivity index (χ2v) is 6.75. The van der Waals surface area contributed by atoms with Crippen LogP contribution in [0, 0.1) is 11.8 Å². The molecule has 0 radical (unpaired) electrons. The fraction of sp³-hybridized carbons (Fsp3) is 0.667. The first-order valence-corrected chi connectivity index (χ1v) is 8.13. The quantitative estimate of drug-likeness (QED) is 0.790. The molecule has 5 nitrogen and oxygen atoms in total. The minimum absolute atomic E-state index is 0.0569. The lowest BCUT2D eigenvalue weighted by Crippen LogP contribution is -2.20. The summed E-state index contributed by atoms with van der Waals surface area (Å²) < 4.78 is 10.9. The van der Waals surface area contributed by atoms with E-state index in [4.69, 9.17) is 15.2 Å². The molecule has 3 N–H and O–H groups in total. The van der Waals surface area contributed by atoms with Crippen LogP contribution in [0.25, 0.3) is 0 Å². The summed E-state index contributed by atoms with van der Waals surface area (Å²) in [7, 11) is 1.58. The molecule has 0 spiro atoms. The van der Waals surface area contributed by atoms with Gasteiger partial charge in [-0.15, -0.1) is 11.3 Å². The molecule has 0 saturated carbocycles. The van der Waals surface area contributed by atoms with Crippen LogP contribution in [0.15, 0.2) is 0 Å². The molecule has 0 aliphatic carbocycles. The predicted molar refractivity (Wildman–Crippen MR) is 86.5 cm³/mol. The van der Waals surface area contributed by atoms with Crippen molar-refractivity contribution in [1.29, 1.82) is 0 Å². The monoisotopic (exact) mass is 312 g/mol. The van der Waals surface area contributed by atoms with Crippen LogP contribution in [0.3, 0.4) is 0 Å². The van der Waals surface area contributed by atoms with Crippen LogP contribution in [0.2, 0.25) is 0 Å². The van der Waals surface area contributed by atoms with Gasteiger partial charge in [0.15, 0.2) is 11.5 Å². The Morgan fingerprint density at radius 2 is 2.29 bits per heavy atom. The van der Waals surface area contributed by atoms with Crippen LogP contribution >= 0.6 is 11.3 Å². The highest BCUT2D eigenvalue weighted by Gasteiger charge is 2.27. The van der Waals surface area contributed by atoms with E-state index in [9.17, 15) is 4.79 Å². The van der Waals surface area contributed by atoms with Crippen molar-refractivity contribution in [3.8, 4) is 5.75 Å². The molecule has 0 aromatic carbocycles. The maximum atomic E-state index is 12.2. The molecule has 1 aliphatic rings. The van der Waals surface area contributed by atoms with E-state index in [1.165, 1.54) is 11.3 Å². The van der Waals surface area contributed by atoms with Crippen LogP contribution in [-0.2, 0) is 4.74 Å². The van der Waals surface area contributed by atoms with Crippen molar-refractivity contribution >= 4 is 27.8 Å². The van der Waals surface area contributed by atoms with Crippen molar-refractivity contribution in [3.05, 3.63) is 4.88 Å². The fourth-order valence-electron chi connectivity index (χ4n) is 2.46. The van der Waals surface area contributed by atoms with Gasteiger partial charge in [-0.25, -0.2) is 0 Å². The Morgan fingerprint density at radius 3 is 2.81 bits per heavy atom. The average Bonchev–Trinajstić information content (AvgIpc) is 2.99. The van der Waals surface area contributed by atoms with E-state index < -0.39 is 0 Å². The Hall–Kier alpha value is -1.27. The molecule has 0 bridgehead atoms. The number of hydrogen-bond donors (Lipinski definition) is 2. The number of anilines is 2. The second kappa shape index (κ2) is 6.66. The van der Waals surface area contributed by atoms with Gasteiger partial charge in [0.2, 0.25) is 0 Å². The van der Waals surface area contributed by atoms with Gasteiger partial charge in [0, 0.05) is 25.0 Å². The third-order valence-electron chi connectivity index (χ3n) is 3.91. The number of ketones is 1. The molecule has 6 heteroatoms. The molecule has 21 heavy (non-hydrogen) atoms.